The Morgan fingerprint density at radius 2 is 1.55 bits per heavy atom. The number of hydrogen-bond donors (Lipinski definition) is 2. The Labute approximate surface area is 169 Å². The van der Waals surface area contributed by atoms with Crippen LogP contribution in [0.2, 0.25) is 0 Å². The molecule has 0 spiro atoms. The second-order valence-electron chi connectivity index (χ2n) is 6.90. The summed E-state index contributed by atoms with van der Waals surface area (Å²) in [7, 11) is 0. The van der Waals surface area contributed by atoms with Crippen molar-refractivity contribution >= 4 is 11.4 Å². The van der Waals surface area contributed by atoms with E-state index in [1.165, 1.54) is 29.8 Å². The van der Waals surface area contributed by atoms with Crippen LogP contribution in [0.5, 0.6) is 0 Å². The molecule has 0 heterocycles. The van der Waals surface area contributed by atoms with Gasteiger partial charge in [0.1, 0.15) is 5.82 Å². The molecular weight excluding hydrogens is 371 g/mol. The summed E-state index contributed by atoms with van der Waals surface area (Å²) in [5, 5.41) is 24.9. The maximum absolute atomic E-state index is 13.2. The molecule has 0 radical (unpaired) electrons. The van der Waals surface area contributed by atoms with E-state index in [9.17, 15) is 19.6 Å². The molecule has 0 bridgehead atoms. The number of nitrogens with zero attached hydrogens (tertiary/aromatic N) is 1. The molecule has 0 aliphatic rings. The smallest absolute Gasteiger partial charge is 0.269 e. The third-order valence-electron chi connectivity index (χ3n) is 4.92. The first-order valence-corrected chi connectivity index (χ1v) is 9.49. The van der Waals surface area contributed by atoms with Crippen molar-refractivity contribution in [1.82, 2.24) is 0 Å². The molecule has 2 atom stereocenters. The third kappa shape index (κ3) is 5.39. The summed E-state index contributed by atoms with van der Waals surface area (Å²) < 4.78 is 13.2. The molecule has 0 aliphatic heterocycles. The Balaban J connectivity index is 1.83. The molecule has 3 aromatic rings. The van der Waals surface area contributed by atoms with E-state index in [2.05, 4.69) is 12.2 Å². The molecule has 29 heavy (non-hydrogen) atoms. The van der Waals surface area contributed by atoms with Gasteiger partial charge in [-0.3, -0.25) is 10.1 Å². The second-order valence-corrected chi connectivity index (χ2v) is 6.90. The van der Waals surface area contributed by atoms with Gasteiger partial charge in [-0.25, -0.2) is 4.39 Å². The Morgan fingerprint density at radius 1 is 0.966 bits per heavy atom. The summed E-state index contributed by atoms with van der Waals surface area (Å²) in [5.74, 6) is -0.350. The molecule has 0 amide bonds. The zero-order chi connectivity index (χ0) is 20.8. The normalized spacial score (nSPS) is 12.9. The summed E-state index contributed by atoms with van der Waals surface area (Å²) >= 11 is 0. The number of aliphatic hydroxyl groups excluding tert-OH is 1. The third-order valence-corrected chi connectivity index (χ3v) is 4.92. The van der Waals surface area contributed by atoms with E-state index < -0.39 is 11.0 Å². The van der Waals surface area contributed by atoms with Crippen molar-refractivity contribution in [3.05, 3.63) is 105 Å². The molecule has 0 aromatic heterocycles. The van der Waals surface area contributed by atoms with Gasteiger partial charge in [0.15, 0.2) is 0 Å². The zero-order valence-corrected chi connectivity index (χ0v) is 16.1. The number of nitro benzene ring substituents is 1. The maximum atomic E-state index is 13.2. The SMILES string of the molecule is CCc1ccc(C(CC(O)c2ccc(F)cc2)Nc2ccc([N+](=O)[O-])cc2)cc1. The highest BCUT2D eigenvalue weighted by atomic mass is 19.1. The van der Waals surface area contributed by atoms with Gasteiger partial charge in [-0.15, -0.1) is 0 Å². The minimum Gasteiger partial charge on any atom is -0.388 e. The first kappa shape index (κ1) is 20.5. The van der Waals surface area contributed by atoms with E-state index in [4.69, 9.17) is 0 Å². The lowest BCUT2D eigenvalue weighted by molar-refractivity contribution is -0.384. The van der Waals surface area contributed by atoms with Crippen LogP contribution in [0.1, 0.15) is 42.2 Å². The van der Waals surface area contributed by atoms with Crippen molar-refractivity contribution in [2.75, 3.05) is 5.32 Å². The van der Waals surface area contributed by atoms with E-state index >= 15 is 0 Å². The first-order valence-electron chi connectivity index (χ1n) is 9.49. The predicted octanol–water partition coefficient (Wildman–Crippen LogP) is 5.57. The van der Waals surface area contributed by atoms with Crippen LogP contribution in [0.3, 0.4) is 0 Å². The number of aliphatic hydroxyl groups is 1. The molecule has 0 aliphatic carbocycles. The topological polar surface area (TPSA) is 75.4 Å². The van der Waals surface area contributed by atoms with Gasteiger partial charge in [0.05, 0.1) is 17.1 Å². The number of non-ortho nitro benzene ring substituents is 1. The van der Waals surface area contributed by atoms with Gasteiger partial charge in [-0.1, -0.05) is 43.3 Å². The van der Waals surface area contributed by atoms with E-state index in [1.807, 2.05) is 24.3 Å². The van der Waals surface area contributed by atoms with Gasteiger partial charge >= 0.3 is 0 Å². The van der Waals surface area contributed by atoms with Gasteiger partial charge in [0.2, 0.25) is 0 Å². The largest absolute Gasteiger partial charge is 0.388 e. The molecular formula is C23H23FN2O3. The molecule has 0 saturated carbocycles. The van der Waals surface area contributed by atoms with Crippen LogP contribution in [-0.4, -0.2) is 10.0 Å². The molecule has 0 fully saturated rings. The number of anilines is 1. The van der Waals surface area contributed by atoms with Gasteiger partial charge in [-0.05, 0) is 47.4 Å². The quantitative estimate of drug-likeness (QED) is 0.387. The summed E-state index contributed by atoms with van der Waals surface area (Å²) in [6.45, 7) is 2.08. The molecule has 3 aromatic carbocycles. The van der Waals surface area contributed by atoms with Crippen molar-refractivity contribution in [3.63, 3.8) is 0 Å². The van der Waals surface area contributed by atoms with Crippen LogP contribution >= 0.6 is 0 Å². The van der Waals surface area contributed by atoms with Crippen LogP contribution in [0.25, 0.3) is 0 Å². The van der Waals surface area contributed by atoms with Crippen molar-refractivity contribution in [2.24, 2.45) is 0 Å². The number of nitro groups is 1. The lowest BCUT2D eigenvalue weighted by Gasteiger charge is -2.24. The fourth-order valence-corrected chi connectivity index (χ4v) is 3.19. The molecule has 5 nitrogen and oxygen atoms in total. The van der Waals surface area contributed by atoms with Gasteiger partial charge in [0, 0.05) is 24.2 Å². The minimum atomic E-state index is -0.794. The second kappa shape index (κ2) is 9.30. The molecule has 2 N–H and O–H groups in total. The fourth-order valence-electron chi connectivity index (χ4n) is 3.19. The molecule has 0 saturated heterocycles. The Hall–Kier alpha value is -3.25. The Morgan fingerprint density at radius 3 is 2.10 bits per heavy atom. The van der Waals surface area contributed by atoms with Crippen molar-refractivity contribution in [1.29, 1.82) is 0 Å². The van der Waals surface area contributed by atoms with Crippen LogP contribution in [-0.2, 0) is 6.42 Å². The van der Waals surface area contributed by atoms with Crippen LogP contribution < -0.4 is 5.32 Å². The van der Waals surface area contributed by atoms with Crippen LogP contribution in [0.4, 0.5) is 15.8 Å². The van der Waals surface area contributed by atoms with Crippen molar-refractivity contribution in [3.8, 4) is 0 Å². The summed E-state index contributed by atoms with van der Waals surface area (Å²) in [6, 6.07) is 19.9. The Kier molecular flexibility index (Phi) is 6.57. The van der Waals surface area contributed by atoms with Crippen molar-refractivity contribution < 1.29 is 14.4 Å². The van der Waals surface area contributed by atoms with Gasteiger partial charge < -0.3 is 10.4 Å². The highest BCUT2D eigenvalue weighted by Crippen LogP contribution is 2.30. The first-order chi connectivity index (χ1) is 14.0. The highest BCUT2D eigenvalue weighted by Gasteiger charge is 2.19. The zero-order valence-electron chi connectivity index (χ0n) is 16.1. The number of aryl methyl sites for hydroxylation is 1. The summed E-state index contributed by atoms with van der Waals surface area (Å²) in [5.41, 5.74) is 3.56. The lowest BCUT2D eigenvalue weighted by Crippen LogP contribution is -2.15. The number of halogens is 1. The van der Waals surface area contributed by atoms with Crippen molar-refractivity contribution in [2.45, 2.75) is 31.9 Å². The van der Waals surface area contributed by atoms with Crippen LogP contribution in [0.15, 0.2) is 72.8 Å². The molecule has 3 rings (SSSR count). The van der Waals surface area contributed by atoms with E-state index in [1.54, 1.807) is 24.3 Å². The number of benzene rings is 3. The van der Waals surface area contributed by atoms with E-state index in [0.717, 1.165) is 12.0 Å². The van der Waals surface area contributed by atoms with E-state index in [0.29, 0.717) is 17.7 Å². The standard InChI is InChI=1S/C23H23FN2O3/c1-2-16-3-5-17(6-4-16)22(15-23(27)18-7-9-19(24)10-8-18)25-20-11-13-21(14-12-20)26(28)29/h3-14,22-23,25,27H,2,15H2,1H3. The maximum Gasteiger partial charge on any atom is 0.269 e. The molecule has 6 heteroatoms. The number of nitrogens with one attached hydrogen (secondary N) is 1. The summed E-state index contributed by atoms with van der Waals surface area (Å²) in [6.07, 6.45) is 0.490. The van der Waals surface area contributed by atoms with E-state index in [-0.39, 0.29) is 17.5 Å². The fraction of sp³-hybridized carbons (Fsp3) is 0.217. The average molecular weight is 394 g/mol. The lowest BCUT2D eigenvalue weighted by atomic mass is 9.95. The highest BCUT2D eigenvalue weighted by molar-refractivity contribution is 5.50. The minimum absolute atomic E-state index is 0.0192. The molecule has 2 unspecified atom stereocenters. The summed E-state index contributed by atoms with van der Waals surface area (Å²) in [4.78, 5) is 10.4. The predicted molar refractivity (Wildman–Crippen MR) is 111 cm³/mol. The average Bonchev–Trinajstić information content (AvgIpc) is 2.74. The van der Waals surface area contributed by atoms with Gasteiger partial charge in [-0.2, -0.15) is 0 Å². The van der Waals surface area contributed by atoms with Crippen LogP contribution in [0, 0.1) is 15.9 Å². The number of rotatable bonds is 8. The molecule has 150 valence electrons. The van der Waals surface area contributed by atoms with Gasteiger partial charge in [0.25, 0.3) is 5.69 Å². The Bertz CT molecular complexity index is 941. The monoisotopic (exact) mass is 394 g/mol. The number of hydrogen-bond acceptors (Lipinski definition) is 4.